The third-order valence-corrected chi connectivity index (χ3v) is 5.14. The molecule has 7 nitrogen and oxygen atoms in total. The van der Waals surface area contributed by atoms with Crippen molar-refractivity contribution in [2.45, 2.75) is 38.8 Å². The lowest BCUT2D eigenvalue weighted by atomic mass is 9.65. The van der Waals surface area contributed by atoms with Crippen LogP contribution in [0.4, 0.5) is 5.82 Å². The van der Waals surface area contributed by atoms with Gasteiger partial charge >= 0.3 is 0 Å². The Morgan fingerprint density at radius 2 is 2.33 bits per heavy atom. The number of hydrogen-bond acceptors (Lipinski definition) is 5. The van der Waals surface area contributed by atoms with Crippen LogP contribution in [0, 0.1) is 12.3 Å². The third-order valence-electron chi connectivity index (χ3n) is 5.14. The molecular weight excluding hydrogens is 304 g/mol. The van der Waals surface area contributed by atoms with Gasteiger partial charge < -0.3 is 10.2 Å². The van der Waals surface area contributed by atoms with Crippen LogP contribution in [0.2, 0.25) is 0 Å². The Balaban J connectivity index is 1.29. The van der Waals surface area contributed by atoms with Crippen molar-refractivity contribution in [3.05, 3.63) is 36.5 Å². The van der Waals surface area contributed by atoms with Crippen molar-refractivity contribution in [1.82, 2.24) is 24.6 Å². The molecule has 2 fully saturated rings. The molecule has 1 saturated heterocycles. The smallest absolute Gasteiger partial charge is 0.244 e. The first kappa shape index (κ1) is 15.1. The van der Waals surface area contributed by atoms with Crippen molar-refractivity contribution in [3.8, 4) is 0 Å². The topological polar surface area (TPSA) is 75.9 Å². The first-order valence-corrected chi connectivity index (χ1v) is 8.41. The minimum atomic E-state index is 0.169. The molecule has 126 valence electrons. The number of nitrogens with zero attached hydrogens (tertiary/aromatic N) is 5. The molecule has 1 aliphatic carbocycles. The Kier molecular flexibility index (Phi) is 3.70. The summed E-state index contributed by atoms with van der Waals surface area (Å²) in [7, 11) is 0. The van der Waals surface area contributed by atoms with Gasteiger partial charge in [-0.25, -0.2) is 9.97 Å². The molecule has 0 atom stereocenters. The minimum absolute atomic E-state index is 0.169. The van der Waals surface area contributed by atoms with Crippen LogP contribution in [0.25, 0.3) is 0 Å². The lowest BCUT2D eigenvalue weighted by Gasteiger charge is -2.45. The first-order valence-electron chi connectivity index (χ1n) is 8.41. The fraction of sp³-hybridized carbons (Fsp3) is 0.529. The summed E-state index contributed by atoms with van der Waals surface area (Å²) in [4.78, 5) is 22.6. The molecule has 1 saturated carbocycles. The maximum Gasteiger partial charge on any atom is 0.244 e. The molecule has 2 aliphatic rings. The van der Waals surface area contributed by atoms with E-state index in [-0.39, 0.29) is 5.91 Å². The van der Waals surface area contributed by atoms with Crippen LogP contribution in [0.3, 0.4) is 0 Å². The van der Waals surface area contributed by atoms with E-state index in [0.29, 0.717) is 18.0 Å². The Morgan fingerprint density at radius 3 is 3.04 bits per heavy atom. The monoisotopic (exact) mass is 326 g/mol. The van der Waals surface area contributed by atoms with Gasteiger partial charge in [0.1, 0.15) is 18.7 Å². The standard InChI is InChI=1S/C17H22N6O/c1-13-8-20-23(9-13)10-16(24)22-5-3-17(11-22)6-14(7-17)21-15-2-4-18-12-19-15/h2,4,8-9,12,14H,3,5-7,10-11H2,1H3,(H,18,19,21). The summed E-state index contributed by atoms with van der Waals surface area (Å²) in [5.74, 6) is 1.05. The number of aromatic nitrogens is 4. The molecule has 0 aromatic carbocycles. The van der Waals surface area contributed by atoms with Crippen LogP contribution in [0.1, 0.15) is 24.8 Å². The summed E-state index contributed by atoms with van der Waals surface area (Å²) in [6.45, 7) is 4.05. The quantitative estimate of drug-likeness (QED) is 0.921. The number of likely N-dealkylation sites (tertiary alicyclic amines) is 1. The van der Waals surface area contributed by atoms with E-state index in [1.165, 1.54) is 0 Å². The zero-order chi connectivity index (χ0) is 16.6. The van der Waals surface area contributed by atoms with Gasteiger partial charge in [0, 0.05) is 31.5 Å². The van der Waals surface area contributed by atoms with Crippen molar-refractivity contribution >= 4 is 11.7 Å². The van der Waals surface area contributed by atoms with E-state index in [9.17, 15) is 4.79 Å². The van der Waals surface area contributed by atoms with Gasteiger partial charge in [0.05, 0.1) is 6.20 Å². The fourth-order valence-corrected chi connectivity index (χ4v) is 3.95. The van der Waals surface area contributed by atoms with Gasteiger partial charge in [-0.05, 0) is 43.2 Å². The van der Waals surface area contributed by atoms with Crippen molar-refractivity contribution in [1.29, 1.82) is 0 Å². The van der Waals surface area contributed by atoms with Crippen LogP contribution in [-0.4, -0.2) is 49.7 Å². The summed E-state index contributed by atoms with van der Waals surface area (Å²) in [6, 6.07) is 2.34. The van der Waals surface area contributed by atoms with Gasteiger partial charge in [-0.3, -0.25) is 9.48 Å². The number of aryl methyl sites for hydroxylation is 1. The fourth-order valence-electron chi connectivity index (χ4n) is 3.95. The Labute approximate surface area is 141 Å². The van der Waals surface area contributed by atoms with E-state index in [4.69, 9.17) is 0 Å². The predicted molar refractivity (Wildman–Crippen MR) is 89.3 cm³/mol. The Morgan fingerprint density at radius 1 is 1.46 bits per heavy atom. The maximum absolute atomic E-state index is 12.5. The molecule has 4 rings (SSSR count). The number of carbonyl (C=O) groups is 1. The average Bonchev–Trinajstić information content (AvgIpc) is 3.15. The average molecular weight is 326 g/mol. The summed E-state index contributed by atoms with van der Waals surface area (Å²) in [5.41, 5.74) is 1.37. The summed E-state index contributed by atoms with van der Waals surface area (Å²) >= 11 is 0. The Hall–Kier alpha value is -2.44. The summed E-state index contributed by atoms with van der Waals surface area (Å²) < 4.78 is 1.73. The minimum Gasteiger partial charge on any atom is -0.367 e. The van der Waals surface area contributed by atoms with Gasteiger partial charge in [-0.15, -0.1) is 0 Å². The number of rotatable bonds is 4. The second-order valence-electron chi connectivity index (χ2n) is 7.12. The van der Waals surface area contributed by atoms with Crippen molar-refractivity contribution in [2.75, 3.05) is 18.4 Å². The molecule has 1 N–H and O–H groups in total. The zero-order valence-corrected chi connectivity index (χ0v) is 13.9. The molecular formula is C17H22N6O. The lowest BCUT2D eigenvalue weighted by molar-refractivity contribution is -0.131. The largest absolute Gasteiger partial charge is 0.367 e. The summed E-state index contributed by atoms with van der Waals surface area (Å²) in [5, 5.41) is 7.65. The van der Waals surface area contributed by atoms with E-state index in [2.05, 4.69) is 20.4 Å². The van der Waals surface area contributed by atoms with E-state index in [0.717, 1.165) is 43.7 Å². The second-order valence-corrected chi connectivity index (χ2v) is 7.12. The highest BCUT2D eigenvalue weighted by Crippen LogP contribution is 2.49. The van der Waals surface area contributed by atoms with Crippen LogP contribution < -0.4 is 5.32 Å². The van der Waals surface area contributed by atoms with Crippen molar-refractivity contribution < 1.29 is 4.79 Å². The number of amides is 1. The molecule has 7 heteroatoms. The highest BCUT2D eigenvalue weighted by Gasteiger charge is 2.49. The third kappa shape index (κ3) is 2.98. The van der Waals surface area contributed by atoms with Gasteiger partial charge in [-0.1, -0.05) is 0 Å². The van der Waals surface area contributed by atoms with E-state index in [1.807, 2.05) is 24.1 Å². The molecule has 0 bridgehead atoms. The van der Waals surface area contributed by atoms with Crippen LogP contribution in [-0.2, 0) is 11.3 Å². The number of hydrogen-bond donors (Lipinski definition) is 1. The van der Waals surface area contributed by atoms with Gasteiger partial charge in [0.25, 0.3) is 0 Å². The maximum atomic E-state index is 12.5. The highest BCUT2D eigenvalue weighted by atomic mass is 16.2. The van der Waals surface area contributed by atoms with Gasteiger partial charge in [0.15, 0.2) is 0 Å². The lowest BCUT2D eigenvalue weighted by Crippen LogP contribution is -2.47. The zero-order valence-electron chi connectivity index (χ0n) is 13.9. The number of anilines is 1. The molecule has 1 aliphatic heterocycles. The SMILES string of the molecule is Cc1cnn(CC(=O)N2CCC3(CC(Nc4ccncn4)C3)C2)c1. The van der Waals surface area contributed by atoms with Crippen LogP contribution in [0.15, 0.2) is 31.0 Å². The molecule has 0 radical (unpaired) electrons. The van der Waals surface area contributed by atoms with Crippen LogP contribution in [0.5, 0.6) is 0 Å². The van der Waals surface area contributed by atoms with Crippen molar-refractivity contribution in [2.24, 2.45) is 5.41 Å². The second kappa shape index (κ2) is 5.89. The van der Waals surface area contributed by atoms with E-state index >= 15 is 0 Å². The van der Waals surface area contributed by atoms with E-state index in [1.54, 1.807) is 23.4 Å². The first-order chi connectivity index (χ1) is 11.6. The highest BCUT2D eigenvalue weighted by molar-refractivity contribution is 5.76. The molecule has 24 heavy (non-hydrogen) atoms. The molecule has 1 spiro atoms. The predicted octanol–water partition coefficient (Wildman–Crippen LogP) is 1.47. The normalized spacial score (nSPS) is 25.7. The van der Waals surface area contributed by atoms with Crippen molar-refractivity contribution in [3.63, 3.8) is 0 Å². The molecule has 1 amide bonds. The Bertz CT molecular complexity index is 722. The molecule has 2 aromatic rings. The molecule has 3 heterocycles. The molecule has 2 aromatic heterocycles. The van der Waals surface area contributed by atoms with E-state index < -0.39 is 0 Å². The van der Waals surface area contributed by atoms with Gasteiger partial charge in [-0.2, -0.15) is 5.10 Å². The molecule has 0 unspecified atom stereocenters. The number of carbonyl (C=O) groups excluding carboxylic acids is 1. The van der Waals surface area contributed by atoms with Gasteiger partial charge in [0.2, 0.25) is 5.91 Å². The number of nitrogens with one attached hydrogen (secondary N) is 1. The van der Waals surface area contributed by atoms with Crippen LogP contribution >= 0.6 is 0 Å². The summed E-state index contributed by atoms with van der Waals surface area (Å²) in [6.07, 6.45) is 10.3.